The van der Waals surface area contributed by atoms with Gasteiger partial charge in [0.05, 0.1) is 10.9 Å². The number of aromatic amines is 1. The third-order valence-corrected chi connectivity index (χ3v) is 6.90. The second-order valence-electron chi connectivity index (χ2n) is 8.68. The van der Waals surface area contributed by atoms with E-state index in [9.17, 15) is 14.4 Å². The number of aromatic nitrogens is 2. The second-order valence-corrected chi connectivity index (χ2v) is 9.07. The molecular formula is C23H30N4O3S. The first-order chi connectivity index (χ1) is 15.0. The molecule has 0 atom stereocenters. The van der Waals surface area contributed by atoms with Crippen LogP contribution in [0.2, 0.25) is 0 Å². The van der Waals surface area contributed by atoms with E-state index in [0.717, 1.165) is 38.5 Å². The molecule has 2 aromatic rings. The number of fused-ring (bicyclic) bond motifs is 1. The fourth-order valence-corrected chi connectivity index (χ4v) is 5.05. The summed E-state index contributed by atoms with van der Waals surface area (Å²) in [5.74, 6) is 0.408. The van der Waals surface area contributed by atoms with E-state index in [0.29, 0.717) is 34.7 Å². The number of likely N-dealkylation sites (tertiary alicyclic amines) is 1. The van der Waals surface area contributed by atoms with Gasteiger partial charge >= 0.3 is 0 Å². The molecule has 1 saturated carbocycles. The lowest BCUT2D eigenvalue weighted by atomic mass is 9.87. The predicted octanol–water partition coefficient (Wildman–Crippen LogP) is 3.14. The molecule has 4 rings (SSSR count). The van der Waals surface area contributed by atoms with Crippen molar-refractivity contribution in [2.45, 2.75) is 64.0 Å². The number of rotatable bonds is 5. The number of nitrogens with zero attached hydrogens (tertiary/aromatic N) is 2. The van der Waals surface area contributed by atoms with Crippen molar-refractivity contribution in [2.75, 3.05) is 13.1 Å². The zero-order valence-corrected chi connectivity index (χ0v) is 18.6. The minimum atomic E-state index is -0.179. The molecule has 31 heavy (non-hydrogen) atoms. The number of hydrogen-bond acceptors (Lipinski definition) is 4. The highest BCUT2D eigenvalue weighted by Gasteiger charge is 2.29. The lowest BCUT2D eigenvalue weighted by Crippen LogP contribution is -2.48. The van der Waals surface area contributed by atoms with E-state index < -0.39 is 0 Å². The fraction of sp³-hybridized carbons (Fsp3) is 0.565. The molecule has 2 aliphatic rings. The standard InChI is InChI=1S/C23H30N4O3S/c28-20(12-15-27-22(30)18-8-4-5-9-19(18)25-23(27)31)24-17-10-13-26(14-11-17)21(29)16-6-2-1-3-7-16/h4-5,8-9,16-17H,1-3,6-7,10-15H2,(H,24,28)(H,25,31). The van der Waals surface area contributed by atoms with Gasteiger partial charge in [-0.3, -0.25) is 19.0 Å². The maximum absolute atomic E-state index is 12.7. The van der Waals surface area contributed by atoms with E-state index in [1.165, 1.54) is 11.0 Å². The summed E-state index contributed by atoms with van der Waals surface area (Å²) in [5.41, 5.74) is 0.523. The van der Waals surface area contributed by atoms with Gasteiger partial charge in [0.25, 0.3) is 5.56 Å². The Hall–Kier alpha value is -2.48. The lowest BCUT2D eigenvalue weighted by Gasteiger charge is -2.35. The zero-order chi connectivity index (χ0) is 21.8. The predicted molar refractivity (Wildman–Crippen MR) is 122 cm³/mol. The number of hydrogen-bond donors (Lipinski definition) is 2. The molecule has 2 N–H and O–H groups in total. The van der Waals surface area contributed by atoms with Gasteiger partial charge in [0.1, 0.15) is 0 Å². The Morgan fingerprint density at radius 1 is 1.06 bits per heavy atom. The van der Waals surface area contributed by atoms with Gasteiger partial charge in [-0.15, -0.1) is 0 Å². The SMILES string of the molecule is O=C(CCn1c(=S)[nH]c2ccccc2c1=O)NC1CCN(C(=O)C2CCCCC2)CC1. The number of carbonyl (C=O) groups is 2. The molecule has 0 spiro atoms. The largest absolute Gasteiger partial charge is 0.353 e. The number of H-pyrrole nitrogens is 1. The second kappa shape index (κ2) is 9.77. The molecule has 0 radical (unpaired) electrons. The summed E-state index contributed by atoms with van der Waals surface area (Å²) >= 11 is 5.31. The molecular weight excluding hydrogens is 412 g/mol. The Bertz CT molecular complexity index is 1060. The molecule has 1 aromatic carbocycles. The highest BCUT2D eigenvalue weighted by atomic mass is 32.1. The van der Waals surface area contributed by atoms with E-state index in [1.54, 1.807) is 6.07 Å². The van der Waals surface area contributed by atoms with Crippen molar-refractivity contribution >= 4 is 34.9 Å². The molecule has 8 heteroatoms. The first-order valence-electron chi connectivity index (χ1n) is 11.3. The van der Waals surface area contributed by atoms with Crippen LogP contribution in [0, 0.1) is 10.7 Å². The Morgan fingerprint density at radius 2 is 1.77 bits per heavy atom. The first-order valence-corrected chi connectivity index (χ1v) is 11.7. The molecule has 2 fully saturated rings. The van der Waals surface area contributed by atoms with Gasteiger partial charge < -0.3 is 15.2 Å². The molecule has 1 aliphatic carbocycles. The van der Waals surface area contributed by atoms with Gasteiger partial charge in [0.15, 0.2) is 4.77 Å². The van der Waals surface area contributed by atoms with Crippen LogP contribution in [0.4, 0.5) is 0 Å². The van der Waals surface area contributed by atoms with Crippen LogP contribution in [0.25, 0.3) is 10.9 Å². The van der Waals surface area contributed by atoms with Crippen molar-refractivity contribution in [1.29, 1.82) is 0 Å². The molecule has 2 heterocycles. The Morgan fingerprint density at radius 3 is 2.52 bits per heavy atom. The molecule has 1 saturated heterocycles. The zero-order valence-electron chi connectivity index (χ0n) is 17.8. The van der Waals surface area contributed by atoms with E-state index in [4.69, 9.17) is 12.2 Å². The van der Waals surface area contributed by atoms with E-state index >= 15 is 0 Å². The van der Waals surface area contributed by atoms with Crippen molar-refractivity contribution in [1.82, 2.24) is 19.8 Å². The van der Waals surface area contributed by atoms with E-state index in [-0.39, 0.29) is 36.4 Å². The molecule has 0 unspecified atom stereocenters. The van der Waals surface area contributed by atoms with Crippen molar-refractivity contribution < 1.29 is 9.59 Å². The van der Waals surface area contributed by atoms with Crippen LogP contribution >= 0.6 is 12.2 Å². The van der Waals surface area contributed by atoms with Crippen LogP contribution in [0.5, 0.6) is 0 Å². The number of amides is 2. The summed E-state index contributed by atoms with van der Waals surface area (Å²) < 4.78 is 1.77. The number of benzene rings is 1. The van der Waals surface area contributed by atoms with Crippen LogP contribution in [-0.4, -0.2) is 45.4 Å². The van der Waals surface area contributed by atoms with Crippen LogP contribution in [0.15, 0.2) is 29.1 Å². The van der Waals surface area contributed by atoms with Gasteiger partial charge in [0, 0.05) is 38.0 Å². The van der Waals surface area contributed by atoms with Gasteiger partial charge in [-0.05, 0) is 50.0 Å². The van der Waals surface area contributed by atoms with Gasteiger partial charge in [-0.1, -0.05) is 31.4 Å². The van der Waals surface area contributed by atoms with Gasteiger partial charge in [-0.25, -0.2) is 0 Å². The number of para-hydroxylation sites is 1. The summed E-state index contributed by atoms with van der Waals surface area (Å²) in [6, 6.07) is 7.30. The van der Waals surface area contributed by atoms with Gasteiger partial charge in [0.2, 0.25) is 11.8 Å². The van der Waals surface area contributed by atoms with Crippen molar-refractivity contribution in [3.63, 3.8) is 0 Å². The smallest absolute Gasteiger partial charge is 0.262 e. The van der Waals surface area contributed by atoms with E-state index in [2.05, 4.69) is 10.3 Å². The fourth-order valence-electron chi connectivity index (χ4n) is 4.77. The molecule has 166 valence electrons. The maximum Gasteiger partial charge on any atom is 0.262 e. The van der Waals surface area contributed by atoms with E-state index in [1.807, 2.05) is 23.1 Å². The summed E-state index contributed by atoms with van der Waals surface area (Å²) in [4.78, 5) is 42.9. The molecule has 2 amide bonds. The van der Waals surface area contributed by atoms with Crippen LogP contribution in [-0.2, 0) is 16.1 Å². The number of carbonyl (C=O) groups excluding carboxylic acids is 2. The molecule has 1 aliphatic heterocycles. The average molecular weight is 443 g/mol. The Balaban J connectivity index is 1.27. The normalized spacial score (nSPS) is 18.3. The third kappa shape index (κ3) is 5.06. The summed E-state index contributed by atoms with van der Waals surface area (Å²) in [5, 5.41) is 3.63. The van der Waals surface area contributed by atoms with Crippen molar-refractivity contribution in [2.24, 2.45) is 5.92 Å². The lowest BCUT2D eigenvalue weighted by molar-refractivity contribution is -0.137. The minimum absolute atomic E-state index is 0.0748. The van der Waals surface area contributed by atoms with Crippen LogP contribution in [0.3, 0.4) is 0 Å². The third-order valence-electron chi connectivity index (χ3n) is 6.58. The topological polar surface area (TPSA) is 87.2 Å². The quantitative estimate of drug-likeness (QED) is 0.697. The molecule has 1 aromatic heterocycles. The number of piperidine rings is 1. The summed E-state index contributed by atoms with van der Waals surface area (Å²) in [6.07, 6.45) is 7.35. The average Bonchev–Trinajstić information content (AvgIpc) is 2.79. The maximum atomic E-state index is 12.7. The van der Waals surface area contributed by atoms with Crippen molar-refractivity contribution in [3.8, 4) is 0 Å². The minimum Gasteiger partial charge on any atom is -0.353 e. The van der Waals surface area contributed by atoms with Crippen molar-refractivity contribution in [3.05, 3.63) is 39.4 Å². The number of nitrogens with one attached hydrogen (secondary N) is 2. The van der Waals surface area contributed by atoms with Crippen LogP contribution in [0.1, 0.15) is 51.4 Å². The molecule has 7 nitrogen and oxygen atoms in total. The first kappa shape index (κ1) is 21.7. The van der Waals surface area contributed by atoms with Crippen LogP contribution < -0.4 is 10.9 Å². The molecule has 0 bridgehead atoms. The summed E-state index contributed by atoms with van der Waals surface area (Å²) in [7, 11) is 0. The summed E-state index contributed by atoms with van der Waals surface area (Å²) in [6.45, 7) is 1.65. The Kier molecular flexibility index (Phi) is 6.85. The highest BCUT2D eigenvalue weighted by Crippen LogP contribution is 2.26. The van der Waals surface area contributed by atoms with Gasteiger partial charge in [-0.2, -0.15) is 0 Å². The highest BCUT2D eigenvalue weighted by molar-refractivity contribution is 7.71. The Labute approximate surface area is 186 Å². The monoisotopic (exact) mass is 442 g/mol.